The number of rotatable bonds is 7. The van der Waals surface area contributed by atoms with E-state index in [4.69, 9.17) is 19.9 Å². The van der Waals surface area contributed by atoms with Gasteiger partial charge in [-0.25, -0.2) is 0 Å². The standard InChI is InChI=1S/C15H22N2O4/c1-3-4-5-17-15(18)10(2)21-12-7-14-13(19-9-20-14)6-11(12)8-16/h6-7,10H,3-5,8-9,16H2,1-2H3,(H,17,18). The van der Waals surface area contributed by atoms with E-state index in [0.717, 1.165) is 18.4 Å². The van der Waals surface area contributed by atoms with Crippen molar-refractivity contribution in [3.63, 3.8) is 0 Å². The van der Waals surface area contributed by atoms with Crippen molar-refractivity contribution in [2.24, 2.45) is 5.73 Å². The molecule has 6 heteroatoms. The molecule has 6 nitrogen and oxygen atoms in total. The third-order valence-corrected chi connectivity index (χ3v) is 3.28. The zero-order valence-electron chi connectivity index (χ0n) is 12.5. The molecular formula is C15H22N2O4. The van der Waals surface area contributed by atoms with Crippen LogP contribution in [0.25, 0.3) is 0 Å². The number of carbonyl (C=O) groups is 1. The first-order chi connectivity index (χ1) is 10.2. The van der Waals surface area contributed by atoms with Gasteiger partial charge in [0.25, 0.3) is 5.91 Å². The highest BCUT2D eigenvalue weighted by Crippen LogP contribution is 2.38. The molecule has 1 aromatic rings. The molecule has 0 spiro atoms. The Labute approximate surface area is 124 Å². The molecule has 0 radical (unpaired) electrons. The van der Waals surface area contributed by atoms with Crippen LogP contribution in [-0.2, 0) is 11.3 Å². The van der Waals surface area contributed by atoms with Crippen molar-refractivity contribution >= 4 is 5.91 Å². The van der Waals surface area contributed by atoms with Crippen LogP contribution in [0.2, 0.25) is 0 Å². The van der Waals surface area contributed by atoms with E-state index in [1.165, 1.54) is 0 Å². The summed E-state index contributed by atoms with van der Waals surface area (Å²) in [7, 11) is 0. The number of carbonyl (C=O) groups excluding carboxylic acids is 1. The van der Waals surface area contributed by atoms with E-state index in [1.807, 2.05) is 0 Å². The molecule has 21 heavy (non-hydrogen) atoms. The van der Waals surface area contributed by atoms with Gasteiger partial charge in [-0.15, -0.1) is 0 Å². The van der Waals surface area contributed by atoms with E-state index >= 15 is 0 Å². The molecule has 1 aliphatic rings. The molecule has 0 bridgehead atoms. The van der Waals surface area contributed by atoms with Crippen LogP contribution in [0.15, 0.2) is 12.1 Å². The van der Waals surface area contributed by atoms with Gasteiger partial charge in [-0.1, -0.05) is 13.3 Å². The lowest BCUT2D eigenvalue weighted by molar-refractivity contribution is -0.127. The molecule has 1 unspecified atom stereocenters. The van der Waals surface area contributed by atoms with Crippen molar-refractivity contribution in [3.8, 4) is 17.2 Å². The Bertz CT molecular complexity index is 505. The number of unbranched alkanes of at least 4 members (excludes halogenated alkanes) is 1. The third kappa shape index (κ3) is 3.78. The van der Waals surface area contributed by atoms with E-state index in [0.29, 0.717) is 30.3 Å². The molecule has 3 N–H and O–H groups in total. The second kappa shape index (κ2) is 7.17. The maximum Gasteiger partial charge on any atom is 0.260 e. The van der Waals surface area contributed by atoms with Gasteiger partial charge in [0.15, 0.2) is 17.6 Å². The number of nitrogens with one attached hydrogen (secondary N) is 1. The fourth-order valence-corrected chi connectivity index (χ4v) is 2.01. The first-order valence-corrected chi connectivity index (χ1v) is 7.22. The summed E-state index contributed by atoms with van der Waals surface area (Å²) in [5.74, 6) is 1.69. The van der Waals surface area contributed by atoms with E-state index in [2.05, 4.69) is 12.2 Å². The lowest BCUT2D eigenvalue weighted by Gasteiger charge is -2.17. The lowest BCUT2D eigenvalue weighted by atomic mass is 10.1. The molecule has 0 aromatic heterocycles. The average Bonchev–Trinajstić information content (AvgIpc) is 2.93. The van der Waals surface area contributed by atoms with Crippen molar-refractivity contribution in [1.29, 1.82) is 0 Å². The molecule has 0 saturated carbocycles. The minimum Gasteiger partial charge on any atom is -0.480 e. The van der Waals surface area contributed by atoms with Gasteiger partial charge in [0, 0.05) is 24.7 Å². The Morgan fingerprint density at radius 2 is 2.14 bits per heavy atom. The molecule has 1 atom stereocenters. The van der Waals surface area contributed by atoms with Crippen molar-refractivity contribution < 1.29 is 19.0 Å². The molecule has 0 fully saturated rings. The maximum absolute atomic E-state index is 11.9. The molecule has 2 rings (SSSR count). The summed E-state index contributed by atoms with van der Waals surface area (Å²) in [6.07, 6.45) is 1.40. The normalized spacial score (nSPS) is 13.9. The second-order valence-corrected chi connectivity index (χ2v) is 4.92. The highest BCUT2D eigenvalue weighted by molar-refractivity contribution is 5.80. The van der Waals surface area contributed by atoms with Crippen LogP contribution < -0.4 is 25.3 Å². The Balaban J connectivity index is 2.03. The zero-order valence-corrected chi connectivity index (χ0v) is 12.5. The quantitative estimate of drug-likeness (QED) is 0.746. The molecule has 1 aromatic carbocycles. The molecule has 0 saturated heterocycles. The van der Waals surface area contributed by atoms with Gasteiger partial charge < -0.3 is 25.3 Å². The smallest absolute Gasteiger partial charge is 0.260 e. The Hall–Kier alpha value is -1.95. The fraction of sp³-hybridized carbons (Fsp3) is 0.533. The van der Waals surface area contributed by atoms with Gasteiger partial charge in [0.1, 0.15) is 5.75 Å². The van der Waals surface area contributed by atoms with Gasteiger partial charge in [-0.05, 0) is 19.4 Å². The van der Waals surface area contributed by atoms with Crippen molar-refractivity contribution in [2.45, 2.75) is 39.3 Å². The summed E-state index contributed by atoms with van der Waals surface area (Å²) in [5, 5.41) is 2.84. The minimum absolute atomic E-state index is 0.135. The van der Waals surface area contributed by atoms with Crippen LogP contribution >= 0.6 is 0 Å². The van der Waals surface area contributed by atoms with Gasteiger partial charge in [0.2, 0.25) is 6.79 Å². The predicted molar refractivity (Wildman–Crippen MR) is 78.5 cm³/mol. The number of nitrogens with two attached hydrogens (primary N) is 1. The number of hydrogen-bond acceptors (Lipinski definition) is 5. The van der Waals surface area contributed by atoms with Gasteiger partial charge in [-0.2, -0.15) is 0 Å². The van der Waals surface area contributed by atoms with Crippen molar-refractivity contribution in [1.82, 2.24) is 5.32 Å². The van der Waals surface area contributed by atoms with Crippen LogP contribution in [0.5, 0.6) is 17.2 Å². The highest BCUT2D eigenvalue weighted by Gasteiger charge is 2.21. The average molecular weight is 294 g/mol. The Morgan fingerprint density at radius 1 is 1.43 bits per heavy atom. The largest absolute Gasteiger partial charge is 0.480 e. The van der Waals surface area contributed by atoms with Gasteiger partial charge in [-0.3, -0.25) is 4.79 Å². The molecule has 1 aliphatic heterocycles. The topological polar surface area (TPSA) is 82.8 Å². The summed E-state index contributed by atoms with van der Waals surface area (Å²) in [4.78, 5) is 11.9. The van der Waals surface area contributed by atoms with Crippen LogP contribution in [0.3, 0.4) is 0 Å². The zero-order chi connectivity index (χ0) is 15.2. The van der Waals surface area contributed by atoms with Gasteiger partial charge >= 0.3 is 0 Å². The summed E-state index contributed by atoms with van der Waals surface area (Å²) < 4.78 is 16.3. The Morgan fingerprint density at radius 3 is 2.81 bits per heavy atom. The van der Waals surface area contributed by atoms with E-state index < -0.39 is 6.10 Å². The Kier molecular flexibility index (Phi) is 5.27. The van der Waals surface area contributed by atoms with Gasteiger partial charge in [0.05, 0.1) is 0 Å². The summed E-state index contributed by atoms with van der Waals surface area (Å²) in [5.41, 5.74) is 6.50. The molecule has 1 heterocycles. The first-order valence-electron chi connectivity index (χ1n) is 7.22. The van der Waals surface area contributed by atoms with Crippen LogP contribution in [0.1, 0.15) is 32.3 Å². The first kappa shape index (κ1) is 15.4. The number of benzene rings is 1. The van der Waals surface area contributed by atoms with Crippen LogP contribution in [-0.4, -0.2) is 25.3 Å². The summed E-state index contributed by atoms with van der Waals surface area (Å²) >= 11 is 0. The second-order valence-electron chi connectivity index (χ2n) is 4.92. The fourth-order valence-electron chi connectivity index (χ4n) is 2.01. The predicted octanol–water partition coefficient (Wildman–Crippen LogP) is 1.56. The van der Waals surface area contributed by atoms with Crippen LogP contribution in [0, 0.1) is 0 Å². The number of amides is 1. The number of fused-ring (bicyclic) bond motifs is 1. The number of hydrogen-bond donors (Lipinski definition) is 2. The van der Waals surface area contributed by atoms with E-state index in [1.54, 1.807) is 19.1 Å². The van der Waals surface area contributed by atoms with E-state index in [9.17, 15) is 4.79 Å². The van der Waals surface area contributed by atoms with E-state index in [-0.39, 0.29) is 12.7 Å². The minimum atomic E-state index is -0.590. The molecule has 116 valence electrons. The molecule has 1 amide bonds. The molecular weight excluding hydrogens is 272 g/mol. The summed E-state index contributed by atoms with van der Waals surface area (Å²) in [6.45, 7) is 4.94. The summed E-state index contributed by atoms with van der Waals surface area (Å²) in [6, 6.07) is 3.51. The SMILES string of the molecule is CCCCNC(=O)C(C)Oc1cc2c(cc1CN)OCO2. The molecule has 0 aliphatic carbocycles. The highest BCUT2D eigenvalue weighted by atomic mass is 16.7. The van der Waals surface area contributed by atoms with Crippen molar-refractivity contribution in [3.05, 3.63) is 17.7 Å². The van der Waals surface area contributed by atoms with Crippen molar-refractivity contribution in [2.75, 3.05) is 13.3 Å². The van der Waals surface area contributed by atoms with Crippen LogP contribution in [0.4, 0.5) is 0 Å². The number of ether oxygens (including phenoxy) is 3. The third-order valence-electron chi connectivity index (χ3n) is 3.28. The monoisotopic (exact) mass is 294 g/mol. The maximum atomic E-state index is 11.9. The lowest BCUT2D eigenvalue weighted by Crippen LogP contribution is -2.37.